The van der Waals surface area contributed by atoms with Crippen LogP contribution in [0.5, 0.6) is 0 Å². The van der Waals surface area contributed by atoms with Gasteiger partial charge in [0.2, 0.25) is 5.91 Å². The van der Waals surface area contributed by atoms with Crippen LogP contribution in [-0.2, 0) is 4.79 Å². The molecule has 1 saturated heterocycles. The highest BCUT2D eigenvalue weighted by molar-refractivity contribution is 5.99. The van der Waals surface area contributed by atoms with Crippen molar-refractivity contribution in [1.82, 2.24) is 9.80 Å². The maximum atomic E-state index is 12.4. The number of Topliss-reactive ketones (excluding diaryl/α,β-unsaturated/α-hetero) is 1. The molecule has 0 N–H and O–H groups in total. The number of carbonyl (C=O) groups is 2. The number of carbonyl (C=O) groups excluding carboxylic acids is 2. The fraction of sp³-hybridized carbons (Fsp3) is 0.600. The largest absolute Gasteiger partial charge is 0.340 e. The van der Waals surface area contributed by atoms with Gasteiger partial charge < -0.3 is 4.90 Å². The standard InChI is InChI=1S/C20H30N2O2/c1-15(2)14-21-9-11-22(12-10-21)20(24)8-7-19(23)18-13-16(3)5-6-17(18)4/h5-6,13,15H,7-12,14H2,1-4H3. The molecular weight excluding hydrogens is 300 g/mol. The van der Waals surface area contributed by atoms with E-state index in [9.17, 15) is 9.59 Å². The minimum Gasteiger partial charge on any atom is -0.340 e. The second kappa shape index (κ2) is 8.43. The molecule has 1 aliphatic heterocycles. The monoisotopic (exact) mass is 330 g/mol. The summed E-state index contributed by atoms with van der Waals surface area (Å²) in [7, 11) is 0. The summed E-state index contributed by atoms with van der Waals surface area (Å²) in [5.41, 5.74) is 2.82. The lowest BCUT2D eigenvalue weighted by molar-refractivity contribution is -0.132. The van der Waals surface area contributed by atoms with Crippen LogP contribution in [0.15, 0.2) is 18.2 Å². The van der Waals surface area contributed by atoms with Gasteiger partial charge in [-0.1, -0.05) is 31.5 Å². The van der Waals surface area contributed by atoms with E-state index in [4.69, 9.17) is 0 Å². The number of nitrogens with zero attached hydrogens (tertiary/aromatic N) is 2. The van der Waals surface area contributed by atoms with Gasteiger partial charge in [-0.2, -0.15) is 0 Å². The highest BCUT2D eigenvalue weighted by Gasteiger charge is 2.22. The molecule has 4 nitrogen and oxygen atoms in total. The van der Waals surface area contributed by atoms with Gasteiger partial charge in [-0.05, 0) is 31.4 Å². The molecule has 1 fully saturated rings. The van der Waals surface area contributed by atoms with Crippen LogP contribution in [0.3, 0.4) is 0 Å². The summed E-state index contributed by atoms with van der Waals surface area (Å²) in [5.74, 6) is 0.836. The molecular formula is C20H30N2O2. The molecule has 1 aromatic carbocycles. The van der Waals surface area contributed by atoms with Crippen LogP contribution in [-0.4, -0.2) is 54.2 Å². The second-order valence-electron chi connectivity index (χ2n) is 7.32. The van der Waals surface area contributed by atoms with Crippen molar-refractivity contribution in [3.8, 4) is 0 Å². The third-order valence-corrected chi connectivity index (χ3v) is 4.61. The third kappa shape index (κ3) is 5.17. The first-order chi connectivity index (χ1) is 11.4. The van der Waals surface area contributed by atoms with Gasteiger partial charge in [0.05, 0.1) is 0 Å². The van der Waals surface area contributed by atoms with Gasteiger partial charge in [0.25, 0.3) is 0 Å². The smallest absolute Gasteiger partial charge is 0.223 e. The topological polar surface area (TPSA) is 40.6 Å². The molecule has 1 amide bonds. The maximum Gasteiger partial charge on any atom is 0.223 e. The van der Waals surface area contributed by atoms with E-state index in [1.165, 1.54) is 0 Å². The molecule has 0 radical (unpaired) electrons. The second-order valence-corrected chi connectivity index (χ2v) is 7.32. The molecule has 0 unspecified atom stereocenters. The Balaban J connectivity index is 1.81. The molecule has 1 aromatic rings. The zero-order chi connectivity index (χ0) is 17.7. The average molecular weight is 330 g/mol. The van der Waals surface area contributed by atoms with Crippen LogP contribution < -0.4 is 0 Å². The summed E-state index contributed by atoms with van der Waals surface area (Å²) in [6.07, 6.45) is 0.617. The molecule has 0 aromatic heterocycles. The molecule has 0 spiro atoms. The fourth-order valence-electron chi connectivity index (χ4n) is 3.25. The van der Waals surface area contributed by atoms with Crippen molar-refractivity contribution in [2.24, 2.45) is 5.92 Å². The van der Waals surface area contributed by atoms with Crippen molar-refractivity contribution >= 4 is 11.7 Å². The predicted octanol–water partition coefficient (Wildman–Crippen LogP) is 3.07. The molecule has 0 atom stereocenters. The van der Waals surface area contributed by atoms with E-state index >= 15 is 0 Å². The van der Waals surface area contributed by atoms with E-state index in [1.807, 2.05) is 36.9 Å². The average Bonchev–Trinajstić information content (AvgIpc) is 2.54. The summed E-state index contributed by atoms with van der Waals surface area (Å²) in [6.45, 7) is 12.9. The van der Waals surface area contributed by atoms with E-state index in [0.717, 1.165) is 49.4 Å². The summed E-state index contributed by atoms with van der Waals surface area (Å²) >= 11 is 0. The van der Waals surface area contributed by atoms with Crippen LogP contribution in [0.25, 0.3) is 0 Å². The Morgan fingerprint density at radius 3 is 2.33 bits per heavy atom. The number of piperazine rings is 1. The fourth-order valence-corrected chi connectivity index (χ4v) is 3.25. The number of rotatable bonds is 6. The van der Waals surface area contributed by atoms with Crippen molar-refractivity contribution in [2.75, 3.05) is 32.7 Å². The molecule has 1 heterocycles. The summed E-state index contributed by atoms with van der Waals surface area (Å²) in [5, 5.41) is 0. The van der Waals surface area contributed by atoms with Crippen LogP contribution in [0.4, 0.5) is 0 Å². The van der Waals surface area contributed by atoms with Crippen molar-refractivity contribution in [3.63, 3.8) is 0 Å². The summed E-state index contributed by atoms with van der Waals surface area (Å²) in [4.78, 5) is 29.1. The van der Waals surface area contributed by atoms with E-state index in [2.05, 4.69) is 18.7 Å². The van der Waals surface area contributed by atoms with Crippen LogP contribution in [0.1, 0.15) is 48.2 Å². The normalized spacial score (nSPS) is 15.8. The maximum absolute atomic E-state index is 12.4. The zero-order valence-electron chi connectivity index (χ0n) is 15.5. The summed E-state index contributed by atoms with van der Waals surface area (Å²) < 4.78 is 0. The van der Waals surface area contributed by atoms with Crippen molar-refractivity contribution in [2.45, 2.75) is 40.5 Å². The van der Waals surface area contributed by atoms with Crippen molar-refractivity contribution < 1.29 is 9.59 Å². The Morgan fingerprint density at radius 1 is 1.04 bits per heavy atom. The van der Waals surface area contributed by atoms with Crippen LogP contribution in [0, 0.1) is 19.8 Å². The first-order valence-corrected chi connectivity index (χ1v) is 8.97. The molecule has 2 rings (SSSR count). The highest BCUT2D eigenvalue weighted by Crippen LogP contribution is 2.15. The quantitative estimate of drug-likeness (QED) is 0.753. The Hall–Kier alpha value is -1.68. The van der Waals surface area contributed by atoms with Crippen LogP contribution in [0.2, 0.25) is 0 Å². The Morgan fingerprint density at radius 2 is 1.71 bits per heavy atom. The first kappa shape index (κ1) is 18.7. The lowest BCUT2D eigenvalue weighted by atomic mass is 9.99. The van der Waals surface area contributed by atoms with Gasteiger partial charge in [0.15, 0.2) is 5.78 Å². The molecule has 24 heavy (non-hydrogen) atoms. The van der Waals surface area contributed by atoms with E-state index in [1.54, 1.807) is 0 Å². The van der Waals surface area contributed by atoms with Crippen molar-refractivity contribution in [3.05, 3.63) is 34.9 Å². The number of aryl methyl sites for hydroxylation is 2. The number of benzene rings is 1. The van der Waals surface area contributed by atoms with Crippen molar-refractivity contribution in [1.29, 1.82) is 0 Å². The number of ketones is 1. The number of hydrogen-bond acceptors (Lipinski definition) is 3. The first-order valence-electron chi connectivity index (χ1n) is 8.97. The molecule has 0 aliphatic carbocycles. The summed E-state index contributed by atoms with van der Waals surface area (Å²) in [6, 6.07) is 5.90. The minimum atomic E-state index is 0.0722. The van der Waals surface area contributed by atoms with E-state index in [0.29, 0.717) is 18.8 Å². The molecule has 4 heteroatoms. The Labute approximate surface area is 145 Å². The minimum absolute atomic E-state index is 0.0722. The van der Waals surface area contributed by atoms with Gasteiger partial charge in [0.1, 0.15) is 0 Å². The van der Waals surface area contributed by atoms with Gasteiger partial charge in [-0.25, -0.2) is 0 Å². The number of amides is 1. The molecule has 0 saturated carbocycles. The SMILES string of the molecule is Cc1ccc(C)c(C(=O)CCC(=O)N2CCN(CC(C)C)CC2)c1. The Bertz CT molecular complexity index is 587. The lowest BCUT2D eigenvalue weighted by Gasteiger charge is -2.35. The third-order valence-electron chi connectivity index (χ3n) is 4.61. The van der Waals surface area contributed by atoms with Gasteiger partial charge >= 0.3 is 0 Å². The van der Waals surface area contributed by atoms with E-state index in [-0.39, 0.29) is 11.7 Å². The van der Waals surface area contributed by atoms with Gasteiger partial charge in [-0.3, -0.25) is 14.5 Å². The van der Waals surface area contributed by atoms with Gasteiger partial charge in [0, 0.05) is 51.1 Å². The lowest BCUT2D eigenvalue weighted by Crippen LogP contribution is -2.49. The zero-order valence-corrected chi connectivity index (χ0v) is 15.5. The molecule has 0 bridgehead atoms. The Kier molecular flexibility index (Phi) is 6.55. The highest BCUT2D eigenvalue weighted by atomic mass is 16.2. The van der Waals surface area contributed by atoms with Gasteiger partial charge in [-0.15, -0.1) is 0 Å². The van der Waals surface area contributed by atoms with Crippen LogP contribution >= 0.6 is 0 Å². The predicted molar refractivity (Wildman–Crippen MR) is 97.3 cm³/mol. The molecule has 1 aliphatic rings. The number of hydrogen-bond donors (Lipinski definition) is 0. The van der Waals surface area contributed by atoms with E-state index < -0.39 is 0 Å². The molecule has 132 valence electrons.